The minimum atomic E-state index is 0.00248. The van der Waals surface area contributed by atoms with Crippen LogP contribution in [0.25, 0.3) is 0 Å². The average Bonchev–Trinajstić information content (AvgIpc) is 3.29. The predicted molar refractivity (Wildman–Crippen MR) is 170 cm³/mol. The second-order valence-corrected chi connectivity index (χ2v) is 12.6. The summed E-state index contributed by atoms with van der Waals surface area (Å²) in [6, 6.07) is 0. The molecule has 0 amide bonds. The highest BCUT2D eigenvalue weighted by Gasteiger charge is 2.37. The second-order valence-electron chi connectivity index (χ2n) is 12.6. The van der Waals surface area contributed by atoms with Crippen molar-refractivity contribution < 1.29 is 9.53 Å². The lowest BCUT2D eigenvalue weighted by molar-refractivity contribution is -0.144. The third-order valence-electron chi connectivity index (χ3n) is 9.09. The Bertz CT molecular complexity index is 541. The molecule has 1 N–H and O–H groups in total. The molecule has 0 aromatic carbocycles. The van der Waals surface area contributed by atoms with Gasteiger partial charge >= 0.3 is 5.97 Å². The van der Waals surface area contributed by atoms with E-state index in [0.29, 0.717) is 13.0 Å². The molecular weight excluding hydrogens is 480 g/mol. The van der Waals surface area contributed by atoms with E-state index >= 15 is 0 Å². The highest BCUT2D eigenvalue weighted by molar-refractivity contribution is 5.69. The molecule has 1 fully saturated rings. The minimum Gasteiger partial charge on any atom is -0.466 e. The highest BCUT2D eigenvalue weighted by atomic mass is 16.5. The van der Waals surface area contributed by atoms with Gasteiger partial charge in [0.25, 0.3) is 0 Å². The molecule has 0 radical (unpaired) electrons. The van der Waals surface area contributed by atoms with Gasteiger partial charge in [-0.15, -0.1) is 0 Å². The quantitative estimate of drug-likeness (QED) is 0.0743. The monoisotopic (exact) mass is 551 g/mol. The maximum Gasteiger partial charge on any atom is 0.305 e. The molecule has 4 nitrogen and oxygen atoms in total. The van der Waals surface area contributed by atoms with E-state index in [1.165, 1.54) is 141 Å². The first-order chi connectivity index (χ1) is 19.1. The Morgan fingerprint density at radius 1 is 0.615 bits per heavy atom. The van der Waals surface area contributed by atoms with Crippen molar-refractivity contribution in [3.05, 3.63) is 0 Å². The van der Waals surface area contributed by atoms with Crippen LogP contribution in [-0.4, -0.2) is 43.3 Å². The Labute approximate surface area is 245 Å². The zero-order chi connectivity index (χ0) is 28.3. The second kappa shape index (κ2) is 26.3. The summed E-state index contributed by atoms with van der Waals surface area (Å²) in [5.74, 6) is 0.00248. The van der Waals surface area contributed by atoms with E-state index in [1.54, 1.807) is 0 Å². The van der Waals surface area contributed by atoms with Crippen LogP contribution in [-0.2, 0) is 9.53 Å². The maximum atomic E-state index is 12.3. The van der Waals surface area contributed by atoms with Crippen molar-refractivity contribution in [3.8, 4) is 0 Å². The number of likely N-dealkylation sites (N-methyl/N-ethyl adjacent to an activating group) is 1. The number of hydrogen-bond donors (Lipinski definition) is 1. The standard InChI is InChI=1S/C35H70N2O2/c1-4-6-8-10-12-14-16-17-19-21-23-25-27-29-35(36-31-32-37(35)3)30-33-39-34(38)28-26-24-22-20-18-15-13-11-9-7-5-2/h36H,4-33H2,1-3H3. The van der Waals surface area contributed by atoms with Crippen molar-refractivity contribution in [2.45, 2.75) is 193 Å². The van der Waals surface area contributed by atoms with Crippen molar-refractivity contribution >= 4 is 5.97 Å². The van der Waals surface area contributed by atoms with E-state index in [4.69, 9.17) is 4.74 Å². The molecule has 1 saturated heterocycles. The summed E-state index contributed by atoms with van der Waals surface area (Å²) < 4.78 is 5.68. The van der Waals surface area contributed by atoms with Crippen LogP contribution in [0.2, 0.25) is 0 Å². The number of nitrogens with one attached hydrogen (secondary N) is 1. The Balaban J connectivity index is 2.02. The molecule has 1 aliphatic heterocycles. The van der Waals surface area contributed by atoms with Crippen molar-refractivity contribution in [1.29, 1.82) is 0 Å². The van der Waals surface area contributed by atoms with E-state index in [1.807, 2.05) is 0 Å². The molecule has 0 aliphatic carbocycles. The molecule has 0 saturated carbocycles. The number of esters is 1. The van der Waals surface area contributed by atoms with Crippen molar-refractivity contribution in [2.24, 2.45) is 0 Å². The first kappa shape index (κ1) is 36.4. The smallest absolute Gasteiger partial charge is 0.305 e. The largest absolute Gasteiger partial charge is 0.466 e. The summed E-state index contributed by atoms with van der Waals surface area (Å²) >= 11 is 0. The molecule has 39 heavy (non-hydrogen) atoms. The molecular formula is C35H70N2O2. The van der Waals surface area contributed by atoms with E-state index < -0.39 is 0 Å². The van der Waals surface area contributed by atoms with Gasteiger partial charge in [0.2, 0.25) is 0 Å². The molecule has 1 aliphatic rings. The van der Waals surface area contributed by atoms with Crippen molar-refractivity contribution in [3.63, 3.8) is 0 Å². The van der Waals surface area contributed by atoms with Gasteiger partial charge < -0.3 is 4.74 Å². The molecule has 0 aromatic rings. The molecule has 0 bridgehead atoms. The lowest BCUT2D eigenvalue weighted by atomic mass is 9.96. The van der Waals surface area contributed by atoms with Gasteiger partial charge in [-0.2, -0.15) is 0 Å². The number of nitrogens with zero attached hydrogens (tertiary/aromatic N) is 1. The van der Waals surface area contributed by atoms with Crippen LogP contribution >= 0.6 is 0 Å². The van der Waals surface area contributed by atoms with Gasteiger partial charge in [0.15, 0.2) is 0 Å². The van der Waals surface area contributed by atoms with E-state index in [2.05, 4.69) is 31.1 Å². The summed E-state index contributed by atoms with van der Waals surface area (Å²) in [6.45, 7) is 7.25. The van der Waals surface area contributed by atoms with Crippen LogP contribution in [0.1, 0.15) is 187 Å². The first-order valence-electron chi connectivity index (χ1n) is 17.8. The molecule has 1 rings (SSSR count). The summed E-state index contributed by atoms with van der Waals surface area (Å²) in [6.07, 6.45) is 35.2. The minimum absolute atomic E-state index is 0.00248. The highest BCUT2D eigenvalue weighted by Crippen LogP contribution is 2.27. The van der Waals surface area contributed by atoms with Gasteiger partial charge in [0.1, 0.15) is 0 Å². The SMILES string of the molecule is CCCCCCCCCCCCCCCC1(CCOC(=O)CCCCCCCCCCCCC)NCCN1C. The topological polar surface area (TPSA) is 41.6 Å². The fourth-order valence-corrected chi connectivity index (χ4v) is 6.26. The molecule has 4 heteroatoms. The summed E-state index contributed by atoms with van der Waals surface area (Å²) in [5, 5.41) is 3.76. The lowest BCUT2D eigenvalue weighted by Crippen LogP contribution is -2.50. The normalized spacial score (nSPS) is 17.7. The lowest BCUT2D eigenvalue weighted by Gasteiger charge is -2.36. The Hall–Kier alpha value is -0.610. The molecule has 1 atom stereocenters. The number of hydrogen-bond acceptors (Lipinski definition) is 4. The van der Waals surface area contributed by atoms with Crippen molar-refractivity contribution in [1.82, 2.24) is 10.2 Å². The number of rotatable bonds is 29. The van der Waals surface area contributed by atoms with E-state index in [9.17, 15) is 4.79 Å². The van der Waals surface area contributed by atoms with Crippen molar-refractivity contribution in [2.75, 3.05) is 26.7 Å². The Morgan fingerprint density at radius 2 is 1.03 bits per heavy atom. The van der Waals surface area contributed by atoms with Crippen LogP contribution in [0.4, 0.5) is 0 Å². The first-order valence-corrected chi connectivity index (χ1v) is 17.8. The van der Waals surface area contributed by atoms with Gasteiger partial charge in [-0.3, -0.25) is 15.0 Å². The predicted octanol–water partition coefficient (Wildman–Crippen LogP) is 10.3. The van der Waals surface area contributed by atoms with Crippen LogP contribution in [0.5, 0.6) is 0 Å². The Morgan fingerprint density at radius 3 is 1.44 bits per heavy atom. The van der Waals surface area contributed by atoms with Gasteiger partial charge in [0.05, 0.1) is 12.3 Å². The Kier molecular flexibility index (Phi) is 24.6. The molecule has 0 spiro atoms. The molecule has 1 heterocycles. The van der Waals surface area contributed by atoms with E-state index in [-0.39, 0.29) is 11.6 Å². The summed E-state index contributed by atoms with van der Waals surface area (Å²) in [7, 11) is 2.23. The summed E-state index contributed by atoms with van der Waals surface area (Å²) in [4.78, 5) is 14.8. The van der Waals surface area contributed by atoms with Gasteiger partial charge in [-0.1, -0.05) is 162 Å². The van der Waals surface area contributed by atoms with Gasteiger partial charge in [-0.25, -0.2) is 0 Å². The maximum absolute atomic E-state index is 12.3. The number of carbonyl (C=O) groups excluding carboxylic acids is 1. The molecule has 0 aromatic heterocycles. The third kappa shape index (κ3) is 20.0. The zero-order valence-corrected chi connectivity index (χ0v) is 27.0. The third-order valence-corrected chi connectivity index (χ3v) is 9.09. The number of unbranched alkanes of at least 4 members (excludes halogenated alkanes) is 22. The van der Waals surface area contributed by atoms with Crippen LogP contribution in [0.15, 0.2) is 0 Å². The molecule has 1 unspecified atom stereocenters. The van der Waals surface area contributed by atoms with Crippen LogP contribution < -0.4 is 5.32 Å². The zero-order valence-electron chi connectivity index (χ0n) is 27.0. The number of ether oxygens (including phenoxy) is 1. The fourth-order valence-electron chi connectivity index (χ4n) is 6.26. The average molecular weight is 551 g/mol. The fraction of sp³-hybridized carbons (Fsp3) is 0.971. The number of carbonyl (C=O) groups is 1. The van der Waals surface area contributed by atoms with Crippen LogP contribution in [0.3, 0.4) is 0 Å². The van der Waals surface area contributed by atoms with Gasteiger partial charge in [0, 0.05) is 25.9 Å². The summed E-state index contributed by atoms with van der Waals surface area (Å²) in [5.41, 5.74) is 0.0224. The van der Waals surface area contributed by atoms with Crippen LogP contribution in [0, 0.1) is 0 Å². The van der Waals surface area contributed by atoms with E-state index in [0.717, 1.165) is 38.8 Å². The molecule has 232 valence electrons. The van der Waals surface area contributed by atoms with Gasteiger partial charge in [-0.05, 0) is 19.9 Å².